The SMILES string of the molecule is CCC(=O)Nc1ccc(C)c(NC(C)C2CCCCC2)c1. The molecular weight excluding hydrogens is 260 g/mol. The van der Waals surface area contributed by atoms with Crippen molar-refractivity contribution in [3.05, 3.63) is 23.8 Å². The number of carbonyl (C=O) groups is 1. The summed E-state index contributed by atoms with van der Waals surface area (Å²) in [5, 5.41) is 6.59. The average Bonchev–Trinajstić information content (AvgIpc) is 2.51. The Bertz CT molecular complexity index is 478. The molecule has 1 amide bonds. The summed E-state index contributed by atoms with van der Waals surface area (Å²) in [5.74, 6) is 0.831. The third-order valence-electron chi connectivity index (χ3n) is 4.58. The van der Waals surface area contributed by atoms with E-state index in [1.54, 1.807) is 0 Å². The van der Waals surface area contributed by atoms with E-state index in [-0.39, 0.29) is 5.91 Å². The van der Waals surface area contributed by atoms with Gasteiger partial charge in [-0.3, -0.25) is 4.79 Å². The molecule has 0 bridgehead atoms. The maximum absolute atomic E-state index is 11.5. The Morgan fingerprint density at radius 2 is 2.00 bits per heavy atom. The summed E-state index contributed by atoms with van der Waals surface area (Å²) < 4.78 is 0. The van der Waals surface area contributed by atoms with Crippen molar-refractivity contribution >= 4 is 17.3 Å². The van der Waals surface area contributed by atoms with Gasteiger partial charge in [-0.1, -0.05) is 32.3 Å². The van der Waals surface area contributed by atoms with E-state index in [9.17, 15) is 4.79 Å². The second-order valence-electron chi connectivity index (χ2n) is 6.26. The van der Waals surface area contributed by atoms with Gasteiger partial charge in [-0.15, -0.1) is 0 Å². The van der Waals surface area contributed by atoms with Crippen molar-refractivity contribution in [2.75, 3.05) is 10.6 Å². The minimum Gasteiger partial charge on any atom is -0.382 e. The lowest BCUT2D eigenvalue weighted by Gasteiger charge is -2.29. The summed E-state index contributed by atoms with van der Waals surface area (Å²) in [5.41, 5.74) is 3.25. The predicted molar refractivity (Wildman–Crippen MR) is 89.8 cm³/mol. The second kappa shape index (κ2) is 7.48. The van der Waals surface area contributed by atoms with E-state index in [4.69, 9.17) is 0 Å². The molecule has 2 N–H and O–H groups in total. The first-order valence-corrected chi connectivity index (χ1v) is 8.27. The molecule has 21 heavy (non-hydrogen) atoms. The monoisotopic (exact) mass is 288 g/mol. The van der Waals surface area contributed by atoms with Gasteiger partial charge >= 0.3 is 0 Å². The van der Waals surface area contributed by atoms with Gasteiger partial charge in [0.1, 0.15) is 0 Å². The average molecular weight is 288 g/mol. The number of anilines is 2. The van der Waals surface area contributed by atoms with Crippen LogP contribution < -0.4 is 10.6 Å². The van der Waals surface area contributed by atoms with E-state index in [1.165, 1.54) is 37.7 Å². The number of aryl methyl sites for hydroxylation is 1. The fraction of sp³-hybridized carbons (Fsp3) is 0.611. The number of carbonyl (C=O) groups excluding carboxylic acids is 1. The third kappa shape index (κ3) is 4.48. The molecule has 0 radical (unpaired) electrons. The highest BCUT2D eigenvalue weighted by atomic mass is 16.1. The summed E-state index contributed by atoms with van der Waals surface area (Å²) in [6.07, 6.45) is 7.29. The highest BCUT2D eigenvalue weighted by Crippen LogP contribution is 2.29. The number of benzene rings is 1. The van der Waals surface area contributed by atoms with Crippen LogP contribution in [0.4, 0.5) is 11.4 Å². The van der Waals surface area contributed by atoms with E-state index >= 15 is 0 Å². The number of hydrogen-bond donors (Lipinski definition) is 2. The Morgan fingerprint density at radius 1 is 1.29 bits per heavy atom. The summed E-state index contributed by atoms with van der Waals surface area (Å²) >= 11 is 0. The zero-order valence-electron chi connectivity index (χ0n) is 13.5. The lowest BCUT2D eigenvalue weighted by atomic mass is 9.84. The van der Waals surface area contributed by atoms with Crippen LogP contribution in [0.2, 0.25) is 0 Å². The molecule has 0 heterocycles. The van der Waals surface area contributed by atoms with Gasteiger partial charge in [0.15, 0.2) is 0 Å². The first-order chi connectivity index (χ1) is 10.1. The van der Waals surface area contributed by atoms with E-state index in [1.807, 2.05) is 13.0 Å². The summed E-state index contributed by atoms with van der Waals surface area (Å²) in [6, 6.07) is 6.59. The first kappa shape index (κ1) is 15.9. The Hall–Kier alpha value is -1.51. The summed E-state index contributed by atoms with van der Waals surface area (Å²) in [6.45, 7) is 6.27. The van der Waals surface area contributed by atoms with Crippen molar-refractivity contribution in [3.63, 3.8) is 0 Å². The van der Waals surface area contributed by atoms with Gasteiger partial charge in [-0.2, -0.15) is 0 Å². The van der Waals surface area contributed by atoms with Crippen LogP contribution in [0.25, 0.3) is 0 Å². The molecule has 116 valence electrons. The zero-order chi connectivity index (χ0) is 15.2. The van der Waals surface area contributed by atoms with Gasteiger partial charge in [-0.25, -0.2) is 0 Å². The molecule has 3 nitrogen and oxygen atoms in total. The largest absolute Gasteiger partial charge is 0.382 e. The van der Waals surface area contributed by atoms with E-state index in [2.05, 4.69) is 36.6 Å². The molecule has 1 atom stereocenters. The Kier molecular flexibility index (Phi) is 5.66. The molecule has 2 rings (SSSR count). The van der Waals surface area contributed by atoms with Crippen molar-refractivity contribution in [1.82, 2.24) is 0 Å². The van der Waals surface area contributed by atoms with Crippen LogP contribution in [-0.4, -0.2) is 11.9 Å². The van der Waals surface area contributed by atoms with Gasteiger partial charge in [0, 0.05) is 23.8 Å². The molecule has 1 saturated carbocycles. The van der Waals surface area contributed by atoms with E-state index < -0.39 is 0 Å². The minimum atomic E-state index is 0.0603. The molecule has 0 aliphatic heterocycles. The van der Waals surface area contributed by atoms with Gasteiger partial charge in [-0.05, 0) is 50.3 Å². The number of amides is 1. The fourth-order valence-corrected chi connectivity index (χ4v) is 3.10. The van der Waals surface area contributed by atoms with Crippen LogP contribution in [0, 0.1) is 12.8 Å². The molecule has 1 aromatic rings. The van der Waals surface area contributed by atoms with Crippen LogP contribution in [0.1, 0.15) is 57.9 Å². The number of hydrogen-bond acceptors (Lipinski definition) is 2. The molecule has 1 fully saturated rings. The van der Waals surface area contributed by atoms with Gasteiger partial charge < -0.3 is 10.6 Å². The van der Waals surface area contributed by atoms with Gasteiger partial charge in [0.2, 0.25) is 5.91 Å². The fourth-order valence-electron chi connectivity index (χ4n) is 3.10. The van der Waals surface area contributed by atoms with E-state index in [0.717, 1.165) is 17.3 Å². The molecule has 1 unspecified atom stereocenters. The summed E-state index contributed by atoms with van der Waals surface area (Å²) in [7, 11) is 0. The number of nitrogens with one attached hydrogen (secondary N) is 2. The van der Waals surface area contributed by atoms with Crippen LogP contribution in [-0.2, 0) is 4.79 Å². The van der Waals surface area contributed by atoms with Crippen LogP contribution in [0.5, 0.6) is 0 Å². The zero-order valence-corrected chi connectivity index (χ0v) is 13.5. The van der Waals surface area contributed by atoms with Crippen molar-refractivity contribution in [2.24, 2.45) is 5.92 Å². The Morgan fingerprint density at radius 3 is 2.67 bits per heavy atom. The van der Waals surface area contributed by atoms with Crippen molar-refractivity contribution in [1.29, 1.82) is 0 Å². The summed E-state index contributed by atoms with van der Waals surface area (Å²) in [4.78, 5) is 11.5. The lowest BCUT2D eigenvalue weighted by molar-refractivity contribution is -0.115. The highest BCUT2D eigenvalue weighted by Gasteiger charge is 2.20. The maximum Gasteiger partial charge on any atom is 0.224 e. The molecule has 0 saturated heterocycles. The molecule has 0 aromatic heterocycles. The van der Waals surface area contributed by atoms with Crippen LogP contribution >= 0.6 is 0 Å². The topological polar surface area (TPSA) is 41.1 Å². The molecule has 1 aliphatic carbocycles. The van der Waals surface area contributed by atoms with Crippen molar-refractivity contribution < 1.29 is 4.79 Å². The third-order valence-corrected chi connectivity index (χ3v) is 4.58. The Labute approximate surface area is 128 Å². The Balaban J connectivity index is 2.03. The quantitative estimate of drug-likeness (QED) is 0.822. The van der Waals surface area contributed by atoms with Gasteiger partial charge in [0.05, 0.1) is 0 Å². The van der Waals surface area contributed by atoms with Gasteiger partial charge in [0.25, 0.3) is 0 Å². The molecule has 3 heteroatoms. The molecular formula is C18H28N2O. The molecule has 1 aromatic carbocycles. The molecule has 0 spiro atoms. The number of rotatable bonds is 5. The smallest absolute Gasteiger partial charge is 0.224 e. The van der Waals surface area contributed by atoms with Crippen molar-refractivity contribution in [3.8, 4) is 0 Å². The second-order valence-corrected chi connectivity index (χ2v) is 6.26. The van der Waals surface area contributed by atoms with Crippen LogP contribution in [0.3, 0.4) is 0 Å². The predicted octanol–water partition coefficient (Wildman–Crippen LogP) is 4.72. The minimum absolute atomic E-state index is 0.0603. The molecule has 1 aliphatic rings. The van der Waals surface area contributed by atoms with E-state index in [0.29, 0.717) is 12.5 Å². The first-order valence-electron chi connectivity index (χ1n) is 8.27. The van der Waals surface area contributed by atoms with Crippen LogP contribution in [0.15, 0.2) is 18.2 Å². The normalized spacial score (nSPS) is 17.3. The standard InChI is InChI=1S/C18H28N2O/c1-4-18(21)20-16-11-10-13(2)17(12-16)19-14(3)15-8-6-5-7-9-15/h10-12,14-15,19H,4-9H2,1-3H3,(H,20,21). The van der Waals surface area contributed by atoms with Crippen molar-refractivity contribution in [2.45, 2.75) is 65.3 Å². The maximum atomic E-state index is 11.5. The lowest BCUT2D eigenvalue weighted by Crippen LogP contribution is -2.28. The highest BCUT2D eigenvalue weighted by molar-refractivity contribution is 5.91.